The minimum Gasteiger partial charge on any atom is -0.497 e. The Morgan fingerprint density at radius 3 is 2.48 bits per heavy atom. The van der Waals surface area contributed by atoms with Crippen molar-refractivity contribution in [2.75, 3.05) is 18.5 Å². The standard InChI is InChI=1S/C28H28F3N5O5S/c1-35-23(6-9-34-35)20-10-18(29)11-25(20)41-26-13-22(31)27(14-21(26)30)42(37,38)36(28-7-8-32-16-33-28)15-17-4-5-19(39-2)12-24(17)40-3/h4-9,12-14,16,18,20,25H,10-11,15H2,1-3H3. The molecule has 2 aromatic heterocycles. The van der Waals surface area contributed by atoms with Crippen molar-refractivity contribution in [3.8, 4) is 17.2 Å². The van der Waals surface area contributed by atoms with Gasteiger partial charge in [-0.05, 0) is 24.6 Å². The molecule has 0 bridgehead atoms. The third-order valence-electron chi connectivity index (χ3n) is 7.15. The van der Waals surface area contributed by atoms with Gasteiger partial charge in [0, 0.05) is 67.3 Å². The average Bonchev–Trinajstić information content (AvgIpc) is 3.57. The summed E-state index contributed by atoms with van der Waals surface area (Å²) >= 11 is 0. The molecule has 3 atom stereocenters. The molecule has 1 fully saturated rings. The molecule has 1 aliphatic rings. The highest BCUT2D eigenvalue weighted by Gasteiger charge is 2.39. The van der Waals surface area contributed by atoms with Gasteiger partial charge in [0.15, 0.2) is 11.6 Å². The molecular formula is C28H28F3N5O5S. The molecule has 0 aliphatic heterocycles. The molecule has 1 saturated carbocycles. The fourth-order valence-corrected chi connectivity index (χ4v) is 6.53. The molecule has 0 amide bonds. The number of nitrogens with zero attached hydrogens (tertiary/aromatic N) is 5. The van der Waals surface area contributed by atoms with Crippen LogP contribution in [0.15, 0.2) is 66.1 Å². The van der Waals surface area contributed by atoms with Crippen molar-refractivity contribution in [2.24, 2.45) is 7.05 Å². The number of hydrogen-bond acceptors (Lipinski definition) is 8. The average molecular weight is 604 g/mol. The zero-order valence-corrected chi connectivity index (χ0v) is 23.8. The minimum absolute atomic E-state index is 0.0395. The highest BCUT2D eigenvalue weighted by Crippen LogP contribution is 2.40. The van der Waals surface area contributed by atoms with Crippen molar-refractivity contribution in [3.63, 3.8) is 0 Å². The normalized spacial score (nSPS) is 18.6. The van der Waals surface area contributed by atoms with E-state index < -0.39 is 50.5 Å². The van der Waals surface area contributed by atoms with Crippen LogP contribution in [0, 0.1) is 11.6 Å². The van der Waals surface area contributed by atoms with Gasteiger partial charge in [0.1, 0.15) is 46.6 Å². The number of aryl methyl sites for hydroxylation is 1. The molecule has 222 valence electrons. The Kier molecular flexibility index (Phi) is 8.25. The lowest BCUT2D eigenvalue weighted by Crippen LogP contribution is -2.32. The van der Waals surface area contributed by atoms with Crippen LogP contribution in [0.5, 0.6) is 17.2 Å². The lowest BCUT2D eigenvalue weighted by molar-refractivity contribution is 0.171. The van der Waals surface area contributed by atoms with Crippen LogP contribution < -0.4 is 18.5 Å². The van der Waals surface area contributed by atoms with Crippen LogP contribution in [0.1, 0.15) is 30.0 Å². The Morgan fingerprint density at radius 2 is 1.81 bits per heavy atom. The monoisotopic (exact) mass is 603 g/mol. The van der Waals surface area contributed by atoms with Gasteiger partial charge in [0.25, 0.3) is 10.0 Å². The van der Waals surface area contributed by atoms with E-state index in [2.05, 4.69) is 15.1 Å². The highest BCUT2D eigenvalue weighted by atomic mass is 32.2. The zero-order valence-electron chi connectivity index (χ0n) is 22.9. The van der Waals surface area contributed by atoms with Gasteiger partial charge in [0.2, 0.25) is 0 Å². The summed E-state index contributed by atoms with van der Waals surface area (Å²) in [7, 11) is -0.162. The number of benzene rings is 2. The van der Waals surface area contributed by atoms with E-state index in [1.54, 1.807) is 42.2 Å². The second-order valence-corrected chi connectivity index (χ2v) is 11.5. The fraction of sp³-hybridized carbons (Fsp3) is 0.321. The Morgan fingerprint density at radius 1 is 1.00 bits per heavy atom. The summed E-state index contributed by atoms with van der Waals surface area (Å²) in [4.78, 5) is 6.91. The first-order valence-corrected chi connectivity index (χ1v) is 14.3. The Balaban J connectivity index is 1.49. The number of sulfonamides is 1. The van der Waals surface area contributed by atoms with Gasteiger partial charge in [-0.15, -0.1) is 0 Å². The maximum absolute atomic E-state index is 15.6. The second kappa shape index (κ2) is 11.9. The van der Waals surface area contributed by atoms with Crippen LogP contribution in [0.4, 0.5) is 19.0 Å². The number of alkyl halides is 1. The molecule has 0 spiro atoms. The first kappa shape index (κ1) is 29.2. The van der Waals surface area contributed by atoms with Crippen LogP contribution in [0.3, 0.4) is 0 Å². The molecule has 2 heterocycles. The number of ether oxygens (including phenoxy) is 3. The van der Waals surface area contributed by atoms with Gasteiger partial charge < -0.3 is 14.2 Å². The minimum atomic E-state index is -4.74. The Hall–Kier alpha value is -4.33. The van der Waals surface area contributed by atoms with Crippen LogP contribution in [0.25, 0.3) is 0 Å². The molecule has 42 heavy (non-hydrogen) atoms. The maximum Gasteiger partial charge on any atom is 0.268 e. The van der Waals surface area contributed by atoms with Crippen molar-refractivity contribution in [1.29, 1.82) is 0 Å². The predicted octanol–water partition coefficient (Wildman–Crippen LogP) is 4.56. The molecule has 0 radical (unpaired) electrons. The summed E-state index contributed by atoms with van der Waals surface area (Å²) in [6.07, 6.45) is 2.08. The maximum atomic E-state index is 15.6. The van der Waals surface area contributed by atoms with Gasteiger partial charge in [-0.25, -0.2) is 35.9 Å². The van der Waals surface area contributed by atoms with Crippen LogP contribution in [0.2, 0.25) is 0 Å². The van der Waals surface area contributed by atoms with Gasteiger partial charge in [-0.1, -0.05) is 0 Å². The number of methoxy groups -OCH3 is 2. The largest absolute Gasteiger partial charge is 0.497 e. The summed E-state index contributed by atoms with van der Waals surface area (Å²) in [6.45, 7) is -0.335. The van der Waals surface area contributed by atoms with E-state index in [0.717, 1.165) is 10.6 Å². The number of anilines is 1. The van der Waals surface area contributed by atoms with E-state index in [4.69, 9.17) is 14.2 Å². The molecule has 4 aromatic rings. The van der Waals surface area contributed by atoms with E-state index in [0.29, 0.717) is 34.9 Å². The van der Waals surface area contributed by atoms with E-state index in [1.165, 1.54) is 26.5 Å². The van der Waals surface area contributed by atoms with Crippen LogP contribution in [-0.2, 0) is 23.6 Å². The lowest BCUT2D eigenvalue weighted by Gasteiger charge is -2.25. The van der Waals surface area contributed by atoms with E-state index >= 15 is 8.78 Å². The van der Waals surface area contributed by atoms with Crippen molar-refractivity contribution in [1.82, 2.24) is 19.7 Å². The molecule has 5 rings (SSSR count). The molecule has 0 saturated heterocycles. The van der Waals surface area contributed by atoms with Crippen molar-refractivity contribution < 1.29 is 35.8 Å². The van der Waals surface area contributed by atoms with Crippen molar-refractivity contribution in [2.45, 2.75) is 42.5 Å². The molecule has 14 heteroatoms. The Labute approximate surface area is 240 Å². The summed E-state index contributed by atoms with van der Waals surface area (Å²) in [5.41, 5.74) is 1.10. The van der Waals surface area contributed by atoms with E-state index in [-0.39, 0.29) is 25.2 Å². The Bertz CT molecular complexity index is 1670. The molecule has 10 nitrogen and oxygen atoms in total. The lowest BCUT2D eigenvalue weighted by atomic mass is 10.0. The summed E-state index contributed by atoms with van der Waals surface area (Å²) in [5.74, 6) is -2.65. The first-order valence-electron chi connectivity index (χ1n) is 12.9. The summed E-state index contributed by atoms with van der Waals surface area (Å²) in [5, 5.41) is 4.10. The highest BCUT2D eigenvalue weighted by molar-refractivity contribution is 7.92. The summed E-state index contributed by atoms with van der Waals surface area (Å²) < 4.78 is 91.8. The quantitative estimate of drug-likeness (QED) is 0.260. The van der Waals surface area contributed by atoms with Crippen molar-refractivity contribution in [3.05, 3.63) is 84.1 Å². The molecule has 3 unspecified atom stereocenters. The van der Waals surface area contributed by atoms with Gasteiger partial charge in [0.05, 0.1) is 20.8 Å². The molecular weight excluding hydrogens is 575 g/mol. The SMILES string of the molecule is COc1ccc(CN(c2ccncn2)S(=O)(=O)c2cc(F)c(OC3CC(F)CC3c3ccnn3C)cc2F)c(OC)c1. The fourth-order valence-electron chi connectivity index (χ4n) is 5.07. The van der Waals surface area contributed by atoms with E-state index in [9.17, 15) is 12.8 Å². The number of aromatic nitrogens is 4. The van der Waals surface area contributed by atoms with E-state index in [1.807, 2.05) is 0 Å². The number of rotatable bonds is 10. The topological polar surface area (TPSA) is 109 Å². The van der Waals surface area contributed by atoms with Gasteiger partial charge in [-0.2, -0.15) is 5.10 Å². The molecule has 1 aliphatic carbocycles. The molecule has 2 aromatic carbocycles. The smallest absolute Gasteiger partial charge is 0.268 e. The first-order chi connectivity index (χ1) is 20.1. The van der Waals surface area contributed by atoms with Crippen LogP contribution >= 0.6 is 0 Å². The van der Waals surface area contributed by atoms with Gasteiger partial charge in [-0.3, -0.25) is 4.68 Å². The zero-order chi connectivity index (χ0) is 30.0. The van der Waals surface area contributed by atoms with Crippen LogP contribution in [-0.4, -0.2) is 54.7 Å². The third kappa shape index (κ3) is 5.71. The van der Waals surface area contributed by atoms with Crippen molar-refractivity contribution >= 4 is 15.8 Å². The number of hydrogen-bond donors (Lipinski definition) is 0. The molecule has 0 N–H and O–H groups in total. The third-order valence-corrected chi connectivity index (χ3v) is 8.91. The number of halogens is 3. The van der Waals surface area contributed by atoms with Gasteiger partial charge >= 0.3 is 0 Å². The second-order valence-electron chi connectivity index (χ2n) is 9.68. The summed E-state index contributed by atoms with van der Waals surface area (Å²) in [6, 6.07) is 9.03. The predicted molar refractivity (Wildman–Crippen MR) is 146 cm³/mol.